The standard InChI is InChI=1S/C26H27FN4O4.CH2O2/c1-31-12-9-17(10-13-31)26(25(33)34-2)22(32)21(14-16-15-29-23-20(16)4-3-11-28-23)35-24(26)30-19-7-5-18(27)6-8-19;2-1-3/h3-8,11,14-15,17,24,30H,9-10,12-13H2,1-2H3,(H,28,29);1H,(H,2,3). The maximum Gasteiger partial charge on any atom is 0.326 e. The lowest BCUT2D eigenvalue weighted by molar-refractivity contribution is -0.164. The van der Waals surface area contributed by atoms with Crippen LogP contribution < -0.4 is 5.32 Å². The van der Waals surface area contributed by atoms with E-state index in [-0.39, 0.29) is 24.0 Å². The second-order valence-electron chi connectivity index (χ2n) is 9.17. The lowest BCUT2D eigenvalue weighted by atomic mass is 9.67. The number of carbonyl (C=O) groups is 3. The third-order valence-electron chi connectivity index (χ3n) is 7.06. The monoisotopic (exact) mass is 524 g/mol. The SMILES string of the molecule is COC(=O)C1(C2CCN(C)CC2)C(=O)C(=Cc2c[nH]c3ncccc23)OC1Nc1ccc(F)cc1.O=CO. The molecule has 2 aromatic heterocycles. The Balaban J connectivity index is 0.00000107. The van der Waals surface area contributed by atoms with Crippen molar-refractivity contribution >= 4 is 41.0 Å². The van der Waals surface area contributed by atoms with E-state index in [0.717, 1.165) is 24.0 Å². The number of piperidine rings is 1. The highest BCUT2D eigenvalue weighted by Gasteiger charge is 2.65. The number of esters is 1. The van der Waals surface area contributed by atoms with Crippen molar-refractivity contribution in [3.63, 3.8) is 0 Å². The van der Waals surface area contributed by atoms with Gasteiger partial charge in [0.05, 0.1) is 7.11 Å². The van der Waals surface area contributed by atoms with E-state index in [9.17, 15) is 14.0 Å². The number of benzene rings is 1. The number of Topliss-reactive ketones (excluding diaryl/α,β-unsaturated/α-hetero) is 1. The number of allylic oxidation sites excluding steroid dienone is 1. The number of ketones is 1. The molecule has 38 heavy (non-hydrogen) atoms. The number of nitrogens with one attached hydrogen (secondary N) is 2. The molecule has 0 aliphatic carbocycles. The van der Waals surface area contributed by atoms with Crippen LogP contribution in [0.5, 0.6) is 0 Å². The molecule has 2 saturated heterocycles. The molecule has 200 valence electrons. The largest absolute Gasteiger partial charge is 0.483 e. The average Bonchev–Trinajstić information content (AvgIpc) is 3.45. The van der Waals surface area contributed by atoms with Gasteiger partial charge in [0, 0.05) is 29.0 Å². The number of aromatic amines is 1. The van der Waals surface area contributed by atoms with Crippen molar-refractivity contribution in [1.82, 2.24) is 14.9 Å². The summed E-state index contributed by atoms with van der Waals surface area (Å²) >= 11 is 0. The predicted molar refractivity (Wildman–Crippen MR) is 137 cm³/mol. The minimum Gasteiger partial charge on any atom is -0.483 e. The Morgan fingerprint density at radius 2 is 1.97 bits per heavy atom. The van der Waals surface area contributed by atoms with Gasteiger partial charge in [-0.05, 0) is 81.4 Å². The van der Waals surface area contributed by atoms with E-state index in [1.165, 1.54) is 19.2 Å². The Morgan fingerprint density at radius 1 is 1.29 bits per heavy atom. The number of anilines is 1. The van der Waals surface area contributed by atoms with Gasteiger partial charge in [0.1, 0.15) is 11.5 Å². The molecule has 2 fully saturated rings. The maximum absolute atomic E-state index is 14.1. The van der Waals surface area contributed by atoms with Gasteiger partial charge in [0.25, 0.3) is 6.47 Å². The number of carbonyl (C=O) groups excluding carboxylic acids is 2. The topological polar surface area (TPSA) is 134 Å². The first-order valence-corrected chi connectivity index (χ1v) is 12.1. The molecule has 2 aliphatic heterocycles. The van der Waals surface area contributed by atoms with Crippen LogP contribution in [0.15, 0.2) is 54.6 Å². The van der Waals surface area contributed by atoms with E-state index in [1.54, 1.807) is 30.6 Å². The molecule has 0 saturated carbocycles. The lowest BCUT2D eigenvalue weighted by Gasteiger charge is -2.40. The average molecular weight is 525 g/mol. The van der Waals surface area contributed by atoms with Gasteiger partial charge in [-0.1, -0.05) is 0 Å². The number of aromatic nitrogens is 2. The maximum atomic E-state index is 14.1. The van der Waals surface area contributed by atoms with Crippen LogP contribution in [0.3, 0.4) is 0 Å². The Morgan fingerprint density at radius 3 is 2.63 bits per heavy atom. The molecule has 2 aliphatic rings. The van der Waals surface area contributed by atoms with Gasteiger partial charge in [0.15, 0.2) is 17.4 Å². The molecule has 4 heterocycles. The first kappa shape index (κ1) is 26.8. The van der Waals surface area contributed by atoms with Gasteiger partial charge in [-0.2, -0.15) is 0 Å². The number of likely N-dealkylation sites (tertiary alicyclic amines) is 1. The zero-order chi connectivity index (χ0) is 27.3. The van der Waals surface area contributed by atoms with E-state index in [2.05, 4.69) is 20.2 Å². The number of carboxylic acid groups (broad SMARTS) is 1. The molecular formula is C27H29FN4O6. The highest BCUT2D eigenvalue weighted by molar-refractivity contribution is 6.16. The molecule has 11 heteroatoms. The Labute approximate surface area is 218 Å². The second kappa shape index (κ2) is 11.4. The van der Waals surface area contributed by atoms with Crippen LogP contribution in [0.1, 0.15) is 18.4 Å². The highest BCUT2D eigenvalue weighted by Crippen LogP contribution is 2.49. The van der Waals surface area contributed by atoms with Crippen molar-refractivity contribution in [2.24, 2.45) is 11.3 Å². The summed E-state index contributed by atoms with van der Waals surface area (Å²) in [5.74, 6) is -1.68. The number of hydrogen-bond acceptors (Lipinski definition) is 8. The molecule has 0 amide bonds. The molecule has 1 aromatic carbocycles. The normalized spacial score (nSPS) is 23.0. The molecule has 3 N–H and O–H groups in total. The van der Waals surface area contributed by atoms with Gasteiger partial charge in [-0.25, -0.2) is 9.37 Å². The fourth-order valence-corrected chi connectivity index (χ4v) is 5.17. The van der Waals surface area contributed by atoms with Crippen molar-refractivity contribution in [2.45, 2.75) is 19.1 Å². The van der Waals surface area contributed by atoms with Crippen molar-refractivity contribution in [3.05, 3.63) is 65.9 Å². The minimum absolute atomic E-state index is 0.0682. The summed E-state index contributed by atoms with van der Waals surface area (Å²) in [6, 6.07) is 9.42. The van der Waals surface area contributed by atoms with Gasteiger partial charge >= 0.3 is 5.97 Å². The van der Waals surface area contributed by atoms with Gasteiger partial charge < -0.3 is 29.8 Å². The zero-order valence-corrected chi connectivity index (χ0v) is 21.0. The molecule has 3 aromatic rings. The molecule has 0 radical (unpaired) electrons. The summed E-state index contributed by atoms with van der Waals surface area (Å²) in [6.45, 7) is 1.24. The van der Waals surface area contributed by atoms with Crippen molar-refractivity contribution in [3.8, 4) is 0 Å². The molecule has 0 spiro atoms. The third kappa shape index (κ3) is 4.97. The summed E-state index contributed by atoms with van der Waals surface area (Å²) in [5, 5.41) is 10.9. The van der Waals surface area contributed by atoms with Crippen molar-refractivity contribution in [2.75, 3.05) is 32.6 Å². The number of hydrogen-bond donors (Lipinski definition) is 3. The van der Waals surface area contributed by atoms with Crippen LogP contribution >= 0.6 is 0 Å². The van der Waals surface area contributed by atoms with Gasteiger partial charge in [-0.3, -0.25) is 14.4 Å². The van der Waals surface area contributed by atoms with Crippen molar-refractivity contribution in [1.29, 1.82) is 0 Å². The van der Waals surface area contributed by atoms with Gasteiger partial charge in [-0.15, -0.1) is 0 Å². The smallest absolute Gasteiger partial charge is 0.326 e. The summed E-state index contributed by atoms with van der Waals surface area (Å²) in [5.41, 5.74) is 0.352. The summed E-state index contributed by atoms with van der Waals surface area (Å²) in [6.07, 6.45) is 5.31. The Kier molecular flexibility index (Phi) is 8.06. The molecule has 5 rings (SSSR count). The van der Waals surface area contributed by atoms with E-state index < -0.39 is 23.4 Å². The van der Waals surface area contributed by atoms with Crippen molar-refractivity contribution < 1.29 is 33.4 Å². The van der Waals surface area contributed by atoms with Crippen LogP contribution in [0.4, 0.5) is 10.1 Å². The van der Waals surface area contributed by atoms with Gasteiger partial charge in [0.2, 0.25) is 5.78 Å². The Bertz CT molecular complexity index is 1330. The number of halogens is 1. The number of rotatable bonds is 5. The molecule has 10 nitrogen and oxygen atoms in total. The number of ether oxygens (including phenoxy) is 2. The fourth-order valence-electron chi connectivity index (χ4n) is 5.17. The summed E-state index contributed by atoms with van der Waals surface area (Å²) in [7, 11) is 3.30. The summed E-state index contributed by atoms with van der Waals surface area (Å²) in [4.78, 5) is 45.5. The second-order valence-corrected chi connectivity index (χ2v) is 9.17. The number of nitrogens with zero attached hydrogens (tertiary/aromatic N) is 2. The van der Waals surface area contributed by atoms with Crippen LogP contribution in [-0.2, 0) is 23.9 Å². The van der Waals surface area contributed by atoms with E-state index in [1.807, 2.05) is 19.2 Å². The first-order chi connectivity index (χ1) is 18.3. The molecule has 2 unspecified atom stereocenters. The number of fused-ring (bicyclic) bond motifs is 1. The lowest BCUT2D eigenvalue weighted by Crippen LogP contribution is -2.55. The third-order valence-corrected chi connectivity index (χ3v) is 7.06. The summed E-state index contributed by atoms with van der Waals surface area (Å²) < 4.78 is 25.0. The van der Waals surface area contributed by atoms with Crippen LogP contribution in [0, 0.1) is 17.2 Å². The quantitative estimate of drug-likeness (QED) is 0.199. The van der Waals surface area contributed by atoms with E-state index in [0.29, 0.717) is 24.2 Å². The molecule has 2 atom stereocenters. The number of pyridine rings is 1. The van der Waals surface area contributed by atoms with E-state index in [4.69, 9.17) is 19.4 Å². The minimum atomic E-state index is -1.58. The highest BCUT2D eigenvalue weighted by atomic mass is 19.1. The zero-order valence-electron chi connectivity index (χ0n) is 21.0. The van der Waals surface area contributed by atoms with E-state index >= 15 is 0 Å². The predicted octanol–water partition coefficient (Wildman–Crippen LogP) is 3.28. The molecular weight excluding hydrogens is 495 g/mol. The first-order valence-electron chi connectivity index (χ1n) is 12.1. The number of H-pyrrole nitrogens is 1. The fraction of sp³-hybridized carbons (Fsp3) is 0.333. The van der Waals surface area contributed by atoms with Crippen LogP contribution in [-0.4, -0.2) is 71.7 Å². The number of methoxy groups -OCH3 is 1. The Hall–Kier alpha value is -4.25. The van der Waals surface area contributed by atoms with Crippen LogP contribution in [0.25, 0.3) is 17.1 Å². The van der Waals surface area contributed by atoms with Crippen LogP contribution in [0.2, 0.25) is 0 Å². The molecule has 0 bridgehead atoms.